The minimum absolute atomic E-state index is 0.00656. The Morgan fingerprint density at radius 3 is 2.17 bits per heavy atom. The molecule has 3 aromatic rings. The number of rotatable bonds is 12. The van der Waals surface area contributed by atoms with Crippen molar-refractivity contribution in [3.05, 3.63) is 90.3 Å². The molecule has 2 fully saturated rings. The highest BCUT2D eigenvalue weighted by molar-refractivity contribution is 5.87. The van der Waals surface area contributed by atoms with E-state index < -0.39 is 6.04 Å². The van der Waals surface area contributed by atoms with Crippen molar-refractivity contribution in [2.24, 2.45) is 5.92 Å². The summed E-state index contributed by atoms with van der Waals surface area (Å²) < 4.78 is 6.05. The van der Waals surface area contributed by atoms with Gasteiger partial charge in [-0.1, -0.05) is 57.0 Å². The summed E-state index contributed by atoms with van der Waals surface area (Å²) in [7, 11) is 0. The number of urea groups is 1. The van der Waals surface area contributed by atoms with Crippen molar-refractivity contribution in [1.82, 2.24) is 20.1 Å². The highest BCUT2D eigenvalue weighted by Crippen LogP contribution is 2.28. The Kier molecular flexibility index (Phi) is 12.3. The summed E-state index contributed by atoms with van der Waals surface area (Å²) in [5.74, 6) is 1.46. The molecular formula is C38H51N5O3. The number of amides is 3. The Morgan fingerprint density at radius 1 is 0.848 bits per heavy atom. The number of nitrogens with zero attached hydrogens (tertiary/aromatic N) is 4. The molecule has 2 saturated heterocycles. The molecule has 2 aromatic carbocycles. The molecule has 0 bridgehead atoms. The second kappa shape index (κ2) is 17.0. The fourth-order valence-corrected chi connectivity index (χ4v) is 6.48. The van der Waals surface area contributed by atoms with Gasteiger partial charge in [0.05, 0.1) is 0 Å². The van der Waals surface area contributed by atoms with Gasteiger partial charge in [0.25, 0.3) is 0 Å². The zero-order valence-corrected chi connectivity index (χ0v) is 27.7. The molecule has 1 atom stereocenters. The fourth-order valence-electron chi connectivity index (χ4n) is 6.48. The van der Waals surface area contributed by atoms with Crippen LogP contribution in [0, 0.1) is 5.92 Å². The van der Waals surface area contributed by atoms with Crippen LogP contribution in [-0.2, 0) is 17.8 Å². The van der Waals surface area contributed by atoms with E-state index in [-0.39, 0.29) is 11.9 Å². The fraction of sp³-hybridized carbons (Fsp3) is 0.500. The number of pyridine rings is 1. The predicted molar refractivity (Wildman–Crippen MR) is 184 cm³/mol. The van der Waals surface area contributed by atoms with Gasteiger partial charge in [-0.15, -0.1) is 0 Å². The Balaban J connectivity index is 1.22. The van der Waals surface area contributed by atoms with Crippen molar-refractivity contribution < 1.29 is 14.3 Å². The number of anilines is 1. The van der Waals surface area contributed by atoms with E-state index in [1.165, 1.54) is 5.69 Å². The lowest BCUT2D eigenvalue weighted by molar-refractivity contribution is -0.134. The second-order valence-corrected chi connectivity index (χ2v) is 13.2. The van der Waals surface area contributed by atoms with Crippen LogP contribution >= 0.6 is 0 Å². The smallest absolute Gasteiger partial charge is 0.318 e. The molecule has 246 valence electrons. The zero-order chi connectivity index (χ0) is 32.1. The first-order chi connectivity index (χ1) is 22.5. The molecule has 2 aliphatic heterocycles. The van der Waals surface area contributed by atoms with Crippen LogP contribution in [-0.4, -0.2) is 71.5 Å². The van der Waals surface area contributed by atoms with Crippen LogP contribution < -0.4 is 15.0 Å². The third kappa shape index (κ3) is 9.71. The van der Waals surface area contributed by atoms with Gasteiger partial charge in [0.15, 0.2) is 0 Å². The molecule has 0 saturated carbocycles. The minimum atomic E-state index is -0.602. The van der Waals surface area contributed by atoms with Gasteiger partial charge in [0.1, 0.15) is 18.4 Å². The standard InChI is InChI=1S/C38H51N5O3/c1-30(2)18-27-43(33-12-14-35(15-13-33)46-29-32-10-6-5-7-11-32)34-19-25-41(26-20-34)37(44)36(28-31-16-21-39-22-17-31)40-38(45)42-23-8-3-4-9-24-42/h5-7,10-17,21-22,30,34,36H,3-4,8-9,18-20,23-29H2,1-2H3,(H,40,45). The van der Waals surface area contributed by atoms with E-state index in [1.807, 2.05) is 40.1 Å². The van der Waals surface area contributed by atoms with E-state index in [0.717, 1.165) is 81.5 Å². The van der Waals surface area contributed by atoms with Crippen molar-refractivity contribution in [2.45, 2.75) is 83.9 Å². The molecule has 1 unspecified atom stereocenters. The van der Waals surface area contributed by atoms with Crippen LogP contribution in [0.3, 0.4) is 0 Å². The third-order valence-corrected chi connectivity index (χ3v) is 9.26. The van der Waals surface area contributed by atoms with Gasteiger partial charge >= 0.3 is 6.03 Å². The van der Waals surface area contributed by atoms with Crippen molar-refractivity contribution in [3.8, 4) is 5.75 Å². The lowest BCUT2D eigenvalue weighted by Gasteiger charge is -2.41. The number of nitrogens with one attached hydrogen (secondary N) is 1. The summed E-state index contributed by atoms with van der Waals surface area (Å²) in [6.45, 7) is 8.89. The summed E-state index contributed by atoms with van der Waals surface area (Å²) in [5.41, 5.74) is 3.34. The number of piperidine rings is 1. The molecule has 8 nitrogen and oxygen atoms in total. The van der Waals surface area contributed by atoms with E-state index in [4.69, 9.17) is 4.74 Å². The molecule has 0 spiro atoms. The Morgan fingerprint density at radius 2 is 1.52 bits per heavy atom. The average molecular weight is 626 g/mol. The predicted octanol–water partition coefficient (Wildman–Crippen LogP) is 6.70. The van der Waals surface area contributed by atoms with Crippen molar-refractivity contribution in [1.29, 1.82) is 0 Å². The molecule has 8 heteroatoms. The molecular weight excluding hydrogens is 574 g/mol. The maximum atomic E-state index is 14.0. The van der Waals surface area contributed by atoms with E-state index in [2.05, 4.69) is 65.4 Å². The van der Waals surface area contributed by atoms with Crippen LogP contribution in [0.25, 0.3) is 0 Å². The summed E-state index contributed by atoms with van der Waals surface area (Å²) >= 11 is 0. The highest BCUT2D eigenvalue weighted by Gasteiger charge is 2.32. The monoisotopic (exact) mass is 625 g/mol. The third-order valence-electron chi connectivity index (χ3n) is 9.26. The Labute approximate surface area is 275 Å². The largest absolute Gasteiger partial charge is 0.489 e. The first-order valence-corrected chi connectivity index (χ1v) is 17.2. The second-order valence-electron chi connectivity index (χ2n) is 13.2. The molecule has 3 amide bonds. The molecule has 1 N–H and O–H groups in total. The molecule has 0 aliphatic carbocycles. The molecule has 3 heterocycles. The first kappa shape index (κ1) is 33.3. The van der Waals surface area contributed by atoms with Gasteiger partial charge in [-0.2, -0.15) is 0 Å². The van der Waals surface area contributed by atoms with Gasteiger partial charge in [-0.3, -0.25) is 9.78 Å². The molecule has 5 rings (SSSR count). The lowest BCUT2D eigenvalue weighted by atomic mass is 9.99. The summed E-state index contributed by atoms with van der Waals surface area (Å²) in [6, 6.07) is 22.1. The SMILES string of the molecule is CC(C)CCN(c1ccc(OCc2ccccc2)cc1)C1CCN(C(=O)C(Cc2ccncc2)NC(=O)N2CCCCCC2)CC1. The average Bonchev–Trinajstić information content (AvgIpc) is 3.39. The van der Waals surface area contributed by atoms with Crippen molar-refractivity contribution in [3.63, 3.8) is 0 Å². The molecule has 0 radical (unpaired) electrons. The number of benzene rings is 2. The van der Waals surface area contributed by atoms with Crippen LogP contribution in [0.15, 0.2) is 79.1 Å². The maximum Gasteiger partial charge on any atom is 0.318 e. The zero-order valence-electron chi connectivity index (χ0n) is 27.7. The normalized spacial score (nSPS) is 16.5. The number of carbonyl (C=O) groups is 2. The summed E-state index contributed by atoms with van der Waals surface area (Å²) in [5, 5.41) is 3.13. The number of hydrogen-bond acceptors (Lipinski definition) is 5. The minimum Gasteiger partial charge on any atom is -0.489 e. The summed E-state index contributed by atoms with van der Waals surface area (Å²) in [6.07, 6.45) is 11.1. The Hall–Kier alpha value is -4.07. The van der Waals surface area contributed by atoms with Gasteiger partial charge < -0.3 is 24.8 Å². The number of ether oxygens (including phenoxy) is 1. The van der Waals surface area contributed by atoms with Crippen LogP contribution in [0.5, 0.6) is 5.75 Å². The summed E-state index contributed by atoms with van der Waals surface area (Å²) in [4.78, 5) is 37.8. The van der Waals surface area contributed by atoms with Crippen LogP contribution in [0.4, 0.5) is 10.5 Å². The Bertz CT molecular complexity index is 1340. The van der Waals surface area contributed by atoms with Gasteiger partial charge in [0, 0.05) is 63.3 Å². The molecule has 2 aliphatic rings. The van der Waals surface area contributed by atoms with Crippen LogP contribution in [0.2, 0.25) is 0 Å². The number of carbonyl (C=O) groups excluding carboxylic acids is 2. The molecule has 46 heavy (non-hydrogen) atoms. The number of likely N-dealkylation sites (tertiary alicyclic amines) is 2. The van der Waals surface area contributed by atoms with Gasteiger partial charge in [-0.05, 0) is 85.5 Å². The van der Waals surface area contributed by atoms with Gasteiger partial charge in [-0.25, -0.2) is 4.79 Å². The topological polar surface area (TPSA) is 78.0 Å². The molecule has 1 aromatic heterocycles. The first-order valence-electron chi connectivity index (χ1n) is 17.2. The van der Waals surface area contributed by atoms with Crippen LogP contribution in [0.1, 0.15) is 69.9 Å². The highest BCUT2D eigenvalue weighted by atomic mass is 16.5. The van der Waals surface area contributed by atoms with Crippen molar-refractivity contribution >= 4 is 17.6 Å². The lowest BCUT2D eigenvalue weighted by Crippen LogP contribution is -2.56. The maximum absolute atomic E-state index is 14.0. The number of aromatic nitrogens is 1. The van der Waals surface area contributed by atoms with Crippen molar-refractivity contribution in [2.75, 3.05) is 37.6 Å². The van der Waals surface area contributed by atoms with E-state index in [1.54, 1.807) is 12.4 Å². The van der Waals surface area contributed by atoms with E-state index >= 15 is 0 Å². The quantitative estimate of drug-likeness (QED) is 0.242. The van der Waals surface area contributed by atoms with E-state index in [9.17, 15) is 9.59 Å². The van der Waals surface area contributed by atoms with E-state index in [0.29, 0.717) is 38.1 Å². The number of hydrogen-bond donors (Lipinski definition) is 1. The van der Waals surface area contributed by atoms with Gasteiger partial charge in [0.2, 0.25) is 5.91 Å².